The van der Waals surface area contributed by atoms with Gasteiger partial charge < -0.3 is 5.32 Å². The largest absolute Gasteiger partial charge is 0.306 e. The molecule has 1 aromatic carbocycles. The molecule has 3 aromatic rings. The van der Waals surface area contributed by atoms with Crippen LogP contribution >= 0.6 is 0 Å². The molecule has 5 nitrogen and oxygen atoms in total. The van der Waals surface area contributed by atoms with E-state index in [1.165, 1.54) is 0 Å². The molecule has 2 aromatic heterocycles. The van der Waals surface area contributed by atoms with E-state index in [1.807, 2.05) is 53.1 Å². The van der Waals surface area contributed by atoms with Gasteiger partial charge in [-0.2, -0.15) is 5.26 Å². The molecule has 0 unspecified atom stereocenters. The first-order chi connectivity index (χ1) is 9.86. The number of fused-ring (bicyclic) bond motifs is 1. The second kappa shape index (κ2) is 5.51. The lowest BCUT2D eigenvalue weighted by atomic mass is 10.1. The second-order valence-corrected chi connectivity index (χ2v) is 4.46. The lowest BCUT2D eigenvalue weighted by Crippen LogP contribution is -2.14. The molecule has 0 aliphatic rings. The second-order valence-electron chi connectivity index (χ2n) is 4.46. The maximum atomic E-state index is 8.75. The summed E-state index contributed by atoms with van der Waals surface area (Å²) in [4.78, 5) is 0. The van der Waals surface area contributed by atoms with Crippen LogP contribution in [0.25, 0.3) is 5.65 Å². The minimum Gasteiger partial charge on any atom is -0.306 e. The number of rotatable bonds is 4. The number of nitrogens with zero attached hydrogens (tertiary/aromatic N) is 4. The van der Waals surface area contributed by atoms with Gasteiger partial charge in [-0.05, 0) is 29.8 Å². The molecular weight excluding hydrogens is 250 g/mol. The van der Waals surface area contributed by atoms with Crippen LogP contribution in [0.1, 0.15) is 17.0 Å². The maximum absolute atomic E-state index is 8.75. The quantitative estimate of drug-likeness (QED) is 0.780. The van der Waals surface area contributed by atoms with Gasteiger partial charge in [0.25, 0.3) is 0 Å². The molecule has 1 N–H and O–H groups in total. The van der Waals surface area contributed by atoms with Crippen molar-refractivity contribution in [1.29, 1.82) is 5.26 Å². The van der Waals surface area contributed by atoms with E-state index in [9.17, 15) is 0 Å². The van der Waals surface area contributed by atoms with Gasteiger partial charge in [-0.1, -0.05) is 18.2 Å². The summed E-state index contributed by atoms with van der Waals surface area (Å²) in [6.45, 7) is 1.37. The fourth-order valence-electron chi connectivity index (χ4n) is 2.03. The van der Waals surface area contributed by atoms with E-state index in [-0.39, 0.29) is 0 Å². The van der Waals surface area contributed by atoms with Gasteiger partial charge in [0.1, 0.15) is 0 Å². The Balaban J connectivity index is 1.63. The van der Waals surface area contributed by atoms with E-state index >= 15 is 0 Å². The summed E-state index contributed by atoms with van der Waals surface area (Å²) in [5.41, 5.74) is 2.66. The van der Waals surface area contributed by atoms with Gasteiger partial charge >= 0.3 is 0 Å². The zero-order chi connectivity index (χ0) is 13.8. The van der Waals surface area contributed by atoms with Gasteiger partial charge in [-0.15, -0.1) is 10.2 Å². The zero-order valence-corrected chi connectivity index (χ0v) is 10.8. The number of pyridine rings is 1. The van der Waals surface area contributed by atoms with Crippen LogP contribution in [0.15, 0.2) is 48.7 Å². The van der Waals surface area contributed by atoms with Crippen LogP contribution in [-0.4, -0.2) is 14.6 Å². The lowest BCUT2D eigenvalue weighted by molar-refractivity contribution is 0.657. The van der Waals surface area contributed by atoms with Gasteiger partial charge in [0.15, 0.2) is 11.5 Å². The molecule has 0 spiro atoms. The molecule has 5 heteroatoms. The first-order valence-electron chi connectivity index (χ1n) is 6.35. The van der Waals surface area contributed by atoms with Crippen molar-refractivity contribution < 1.29 is 0 Å². The highest BCUT2D eigenvalue weighted by atomic mass is 15.3. The molecule has 0 amide bonds. The van der Waals surface area contributed by atoms with Crippen molar-refractivity contribution in [2.75, 3.05) is 0 Å². The molecule has 0 saturated heterocycles. The van der Waals surface area contributed by atoms with Crippen molar-refractivity contribution in [3.8, 4) is 6.07 Å². The zero-order valence-electron chi connectivity index (χ0n) is 10.8. The normalized spacial score (nSPS) is 10.6. The van der Waals surface area contributed by atoms with Gasteiger partial charge in [0, 0.05) is 12.7 Å². The topological polar surface area (TPSA) is 66.0 Å². The molecule has 0 radical (unpaired) electrons. The molecule has 0 aliphatic carbocycles. The Morgan fingerprint density at radius 1 is 1.05 bits per heavy atom. The third-order valence-electron chi connectivity index (χ3n) is 3.08. The number of aromatic nitrogens is 3. The van der Waals surface area contributed by atoms with Crippen LogP contribution in [-0.2, 0) is 13.1 Å². The number of benzene rings is 1. The van der Waals surface area contributed by atoms with Crippen molar-refractivity contribution in [1.82, 2.24) is 19.9 Å². The van der Waals surface area contributed by atoms with Crippen LogP contribution in [0.5, 0.6) is 0 Å². The summed E-state index contributed by atoms with van der Waals surface area (Å²) < 4.78 is 1.96. The van der Waals surface area contributed by atoms with E-state index in [1.54, 1.807) is 0 Å². The summed E-state index contributed by atoms with van der Waals surface area (Å²) >= 11 is 0. The van der Waals surface area contributed by atoms with Crippen molar-refractivity contribution in [3.05, 3.63) is 65.6 Å². The number of nitriles is 1. The standard InChI is InChI=1S/C15H13N5/c16-9-12-4-6-13(7-5-12)10-17-11-15-19-18-14-3-1-2-8-20(14)15/h1-8,17H,10-11H2. The molecule has 2 heterocycles. The first kappa shape index (κ1) is 12.3. The molecule has 0 aliphatic heterocycles. The number of nitrogens with one attached hydrogen (secondary N) is 1. The smallest absolute Gasteiger partial charge is 0.160 e. The lowest BCUT2D eigenvalue weighted by Gasteiger charge is -2.04. The molecule has 98 valence electrons. The van der Waals surface area contributed by atoms with Crippen molar-refractivity contribution in [3.63, 3.8) is 0 Å². The summed E-state index contributed by atoms with van der Waals surface area (Å²) in [6.07, 6.45) is 1.95. The van der Waals surface area contributed by atoms with Crippen LogP contribution in [0.3, 0.4) is 0 Å². The van der Waals surface area contributed by atoms with E-state index in [0.29, 0.717) is 12.1 Å². The third-order valence-corrected chi connectivity index (χ3v) is 3.08. The Morgan fingerprint density at radius 2 is 1.90 bits per heavy atom. The Labute approximate surface area is 116 Å². The predicted molar refractivity (Wildman–Crippen MR) is 74.7 cm³/mol. The Bertz CT molecular complexity index is 752. The van der Waals surface area contributed by atoms with Crippen LogP contribution in [0.4, 0.5) is 0 Å². The monoisotopic (exact) mass is 263 g/mol. The maximum Gasteiger partial charge on any atom is 0.160 e. The molecule has 3 rings (SSSR count). The summed E-state index contributed by atoms with van der Waals surface area (Å²) in [6, 6.07) is 15.5. The van der Waals surface area contributed by atoms with Crippen molar-refractivity contribution in [2.45, 2.75) is 13.1 Å². The molecule has 0 bridgehead atoms. The third kappa shape index (κ3) is 2.51. The fourth-order valence-corrected chi connectivity index (χ4v) is 2.03. The van der Waals surface area contributed by atoms with E-state index < -0.39 is 0 Å². The molecule has 0 atom stereocenters. The SMILES string of the molecule is N#Cc1ccc(CNCc2nnc3ccccn23)cc1. The van der Waals surface area contributed by atoms with Crippen LogP contribution in [0.2, 0.25) is 0 Å². The van der Waals surface area contributed by atoms with Gasteiger partial charge in [0.05, 0.1) is 18.2 Å². The Kier molecular flexibility index (Phi) is 3.40. The summed E-state index contributed by atoms with van der Waals surface area (Å²) in [7, 11) is 0. The van der Waals surface area contributed by atoms with Gasteiger partial charge in [-0.25, -0.2) is 0 Å². The Hall–Kier alpha value is -2.71. The van der Waals surface area contributed by atoms with Crippen LogP contribution in [0, 0.1) is 11.3 Å². The minimum absolute atomic E-state index is 0.644. The van der Waals surface area contributed by atoms with Gasteiger partial charge in [-0.3, -0.25) is 4.40 Å². The van der Waals surface area contributed by atoms with Crippen molar-refractivity contribution in [2.24, 2.45) is 0 Å². The highest BCUT2D eigenvalue weighted by molar-refractivity contribution is 5.37. The number of hydrogen-bond donors (Lipinski definition) is 1. The van der Waals surface area contributed by atoms with Crippen molar-refractivity contribution >= 4 is 5.65 Å². The molecular formula is C15H13N5. The highest BCUT2D eigenvalue weighted by Gasteiger charge is 2.03. The highest BCUT2D eigenvalue weighted by Crippen LogP contribution is 2.05. The molecule has 0 saturated carbocycles. The van der Waals surface area contributed by atoms with E-state index in [0.717, 1.165) is 23.6 Å². The van der Waals surface area contributed by atoms with E-state index in [2.05, 4.69) is 21.6 Å². The average Bonchev–Trinajstić information content (AvgIpc) is 2.92. The van der Waals surface area contributed by atoms with Gasteiger partial charge in [0.2, 0.25) is 0 Å². The predicted octanol–water partition coefficient (Wildman–Crippen LogP) is 1.89. The summed E-state index contributed by atoms with van der Waals surface area (Å²) in [5.74, 6) is 0.884. The fraction of sp³-hybridized carbons (Fsp3) is 0.133. The number of hydrogen-bond acceptors (Lipinski definition) is 4. The Morgan fingerprint density at radius 3 is 2.70 bits per heavy atom. The average molecular weight is 263 g/mol. The molecule has 0 fully saturated rings. The van der Waals surface area contributed by atoms with E-state index in [4.69, 9.17) is 5.26 Å². The minimum atomic E-state index is 0.644. The van der Waals surface area contributed by atoms with Crippen LogP contribution < -0.4 is 5.32 Å². The first-order valence-corrected chi connectivity index (χ1v) is 6.35. The molecule has 20 heavy (non-hydrogen) atoms. The summed E-state index contributed by atoms with van der Waals surface area (Å²) in [5, 5.41) is 20.3.